The quantitative estimate of drug-likeness (QED) is 0.726. The SMILES string of the molecule is c1cc(CN2CCN(c3nc(N4CCC5(CCCC5)C4)nc4c3SCC4)CC2)ccn1. The highest BCUT2D eigenvalue weighted by Crippen LogP contribution is 2.47. The van der Waals surface area contributed by atoms with Gasteiger partial charge in [-0.3, -0.25) is 9.88 Å². The third kappa shape index (κ3) is 3.91. The Kier molecular flexibility index (Phi) is 5.27. The molecule has 1 spiro atoms. The molecule has 3 fully saturated rings. The standard InChI is InChI=1S/C24H32N6S/c1-2-7-24(6-1)8-11-30(18-24)23-26-20-5-16-31-21(20)22(27-23)29-14-12-28(13-15-29)17-19-3-9-25-10-4-19/h3-4,9-10H,1-2,5-8,11-18H2. The van der Waals surface area contributed by atoms with Crippen LogP contribution in [0.3, 0.4) is 0 Å². The molecule has 2 aromatic rings. The van der Waals surface area contributed by atoms with E-state index in [4.69, 9.17) is 9.97 Å². The van der Waals surface area contributed by atoms with Crippen molar-refractivity contribution in [2.45, 2.75) is 50.0 Å². The molecule has 1 saturated carbocycles. The number of aromatic nitrogens is 3. The van der Waals surface area contributed by atoms with Gasteiger partial charge in [0.2, 0.25) is 5.95 Å². The summed E-state index contributed by atoms with van der Waals surface area (Å²) in [5, 5.41) is 0. The lowest BCUT2D eigenvalue weighted by atomic mass is 9.86. The molecule has 0 aromatic carbocycles. The predicted octanol–water partition coefficient (Wildman–Crippen LogP) is 3.61. The van der Waals surface area contributed by atoms with E-state index in [0.717, 1.165) is 63.9 Å². The zero-order valence-corrected chi connectivity index (χ0v) is 19.1. The van der Waals surface area contributed by atoms with Crippen LogP contribution in [0.4, 0.5) is 11.8 Å². The Morgan fingerprint density at radius 2 is 1.71 bits per heavy atom. The summed E-state index contributed by atoms with van der Waals surface area (Å²) in [5.74, 6) is 3.35. The highest BCUT2D eigenvalue weighted by Gasteiger charge is 2.41. The van der Waals surface area contributed by atoms with Crippen LogP contribution in [0.2, 0.25) is 0 Å². The molecule has 3 aliphatic heterocycles. The van der Waals surface area contributed by atoms with Gasteiger partial charge in [0.1, 0.15) is 5.82 Å². The van der Waals surface area contributed by atoms with Crippen molar-refractivity contribution in [3.63, 3.8) is 0 Å². The highest BCUT2D eigenvalue weighted by atomic mass is 32.2. The van der Waals surface area contributed by atoms with E-state index in [1.54, 1.807) is 0 Å². The number of rotatable bonds is 4. The molecule has 31 heavy (non-hydrogen) atoms. The maximum Gasteiger partial charge on any atom is 0.227 e. The van der Waals surface area contributed by atoms with Crippen molar-refractivity contribution < 1.29 is 0 Å². The van der Waals surface area contributed by atoms with Crippen molar-refractivity contribution in [2.24, 2.45) is 5.41 Å². The molecular formula is C24H32N6S. The van der Waals surface area contributed by atoms with Crippen LogP contribution in [-0.4, -0.2) is 64.9 Å². The fraction of sp³-hybridized carbons (Fsp3) is 0.625. The maximum absolute atomic E-state index is 5.21. The lowest BCUT2D eigenvalue weighted by Gasteiger charge is -2.36. The molecule has 6 rings (SSSR count). The molecular weight excluding hydrogens is 404 g/mol. The van der Waals surface area contributed by atoms with Crippen LogP contribution in [-0.2, 0) is 13.0 Å². The Hall–Kier alpha value is -1.86. The number of aryl methyl sites for hydroxylation is 1. The molecule has 0 radical (unpaired) electrons. The van der Waals surface area contributed by atoms with Crippen molar-refractivity contribution in [3.05, 3.63) is 35.8 Å². The van der Waals surface area contributed by atoms with Gasteiger partial charge in [0, 0.05) is 70.4 Å². The molecule has 0 amide bonds. The molecule has 6 nitrogen and oxygen atoms in total. The number of nitrogens with zero attached hydrogens (tertiary/aromatic N) is 6. The minimum Gasteiger partial charge on any atom is -0.353 e. The molecule has 1 aliphatic carbocycles. The predicted molar refractivity (Wildman–Crippen MR) is 126 cm³/mol. The molecule has 0 bridgehead atoms. The Bertz CT molecular complexity index is 921. The second kappa shape index (κ2) is 8.24. The zero-order chi connectivity index (χ0) is 20.7. The fourth-order valence-corrected chi connectivity index (χ4v) is 7.01. The van der Waals surface area contributed by atoms with E-state index in [1.165, 1.54) is 54.1 Å². The number of anilines is 2. The summed E-state index contributed by atoms with van der Waals surface area (Å²) < 4.78 is 0. The van der Waals surface area contributed by atoms with Gasteiger partial charge in [0.05, 0.1) is 10.6 Å². The second-order valence-electron chi connectivity index (χ2n) is 9.72. The average molecular weight is 437 g/mol. The summed E-state index contributed by atoms with van der Waals surface area (Å²) in [6.07, 6.45) is 11.8. The monoisotopic (exact) mass is 436 g/mol. The van der Waals surface area contributed by atoms with E-state index >= 15 is 0 Å². The van der Waals surface area contributed by atoms with Gasteiger partial charge in [-0.05, 0) is 42.4 Å². The number of fused-ring (bicyclic) bond motifs is 1. The van der Waals surface area contributed by atoms with Crippen LogP contribution in [0.1, 0.15) is 43.4 Å². The van der Waals surface area contributed by atoms with Crippen molar-refractivity contribution in [3.8, 4) is 0 Å². The number of pyridine rings is 1. The number of thioether (sulfide) groups is 1. The van der Waals surface area contributed by atoms with Gasteiger partial charge in [0.25, 0.3) is 0 Å². The number of piperazine rings is 1. The molecule has 0 N–H and O–H groups in total. The Labute approximate surface area is 189 Å². The Morgan fingerprint density at radius 1 is 0.903 bits per heavy atom. The van der Waals surface area contributed by atoms with Crippen LogP contribution >= 0.6 is 11.8 Å². The summed E-state index contributed by atoms with van der Waals surface area (Å²) in [6.45, 7) is 7.54. The maximum atomic E-state index is 5.21. The van der Waals surface area contributed by atoms with Crippen LogP contribution < -0.4 is 9.80 Å². The molecule has 5 heterocycles. The van der Waals surface area contributed by atoms with E-state index in [0.29, 0.717) is 5.41 Å². The fourth-order valence-electron chi connectivity index (χ4n) is 5.90. The summed E-state index contributed by atoms with van der Waals surface area (Å²) in [7, 11) is 0. The summed E-state index contributed by atoms with van der Waals surface area (Å²) in [6, 6.07) is 4.25. The van der Waals surface area contributed by atoms with Gasteiger partial charge in [-0.2, -0.15) is 4.98 Å². The summed E-state index contributed by atoms with van der Waals surface area (Å²) in [4.78, 5) is 23.3. The third-order valence-corrected chi connectivity index (χ3v) is 8.82. The van der Waals surface area contributed by atoms with Crippen LogP contribution in [0.25, 0.3) is 0 Å². The minimum atomic E-state index is 0.551. The summed E-state index contributed by atoms with van der Waals surface area (Å²) in [5.41, 5.74) is 3.19. The molecule has 2 aromatic heterocycles. The largest absolute Gasteiger partial charge is 0.353 e. The first kappa shape index (κ1) is 19.8. The highest BCUT2D eigenvalue weighted by molar-refractivity contribution is 7.99. The van der Waals surface area contributed by atoms with E-state index in [2.05, 4.69) is 31.8 Å². The van der Waals surface area contributed by atoms with Gasteiger partial charge in [-0.1, -0.05) is 12.8 Å². The zero-order valence-electron chi connectivity index (χ0n) is 18.3. The molecule has 0 atom stereocenters. The van der Waals surface area contributed by atoms with Gasteiger partial charge in [0.15, 0.2) is 0 Å². The van der Waals surface area contributed by atoms with E-state index < -0.39 is 0 Å². The minimum absolute atomic E-state index is 0.551. The van der Waals surface area contributed by atoms with Crippen molar-refractivity contribution in [2.75, 3.05) is 54.8 Å². The molecule has 4 aliphatic rings. The van der Waals surface area contributed by atoms with Gasteiger partial charge < -0.3 is 9.80 Å². The lowest BCUT2D eigenvalue weighted by Crippen LogP contribution is -2.46. The van der Waals surface area contributed by atoms with Gasteiger partial charge >= 0.3 is 0 Å². The Balaban J connectivity index is 1.19. The van der Waals surface area contributed by atoms with Crippen LogP contribution in [0, 0.1) is 5.41 Å². The Morgan fingerprint density at radius 3 is 2.52 bits per heavy atom. The normalized spacial score (nSPS) is 23.1. The molecule has 7 heteroatoms. The topological polar surface area (TPSA) is 48.4 Å². The first-order chi connectivity index (χ1) is 15.3. The van der Waals surface area contributed by atoms with Crippen molar-refractivity contribution in [1.82, 2.24) is 19.9 Å². The first-order valence-electron chi connectivity index (χ1n) is 11.9. The van der Waals surface area contributed by atoms with Crippen LogP contribution in [0.5, 0.6) is 0 Å². The molecule has 164 valence electrons. The summed E-state index contributed by atoms with van der Waals surface area (Å²) >= 11 is 1.96. The third-order valence-electron chi connectivity index (χ3n) is 7.70. The van der Waals surface area contributed by atoms with Crippen molar-refractivity contribution in [1.29, 1.82) is 0 Å². The van der Waals surface area contributed by atoms with Gasteiger partial charge in [-0.25, -0.2) is 4.98 Å². The lowest BCUT2D eigenvalue weighted by molar-refractivity contribution is 0.249. The van der Waals surface area contributed by atoms with Crippen LogP contribution in [0.15, 0.2) is 29.4 Å². The van der Waals surface area contributed by atoms with E-state index in [1.807, 2.05) is 24.2 Å². The molecule has 2 saturated heterocycles. The first-order valence-corrected chi connectivity index (χ1v) is 12.9. The molecule has 0 unspecified atom stereocenters. The second-order valence-corrected chi connectivity index (χ2v) is 10.8. The van der Waals surface area contributed by atoms with Crippen molar-refractivity contribution >= 4 is 23.5 Å². The number of hydrogen-bond donors (Lipinski definition) is 0. The number of hydrogen-bond acceptors (Lipinski definition) is 7. The average Bonchev–Trinajstić information content (AvgIpc) is 3.56. The van der Waals surface area contributed by atoms with E-state index in [-0.39, 0.29) is 0 Å². The van der Waals surface area contributed by atoms with Gasteiger partial charge in [-0.15, -0.1) is 11.8 Å². The van der Waals surface area contributed by atoms with E-state index in [9.17, 15) is 0 Å². The smallest absolute Gasteiger partial charge is 0.227 e.